The fourth-order valence-electron chi connectivity index (χ4n) is 1.57. The van der Waals surface area contributed by atoms with Crippen molar-refractivity contribution in [3.05, 3.63) is 54.6 Å². The molecule has 88 valence electrons. The van der Waals surface area contributed by atoms with Crippen LogP contribution in [0.3, 0.4) is 0 Å². The van der Waals surface area contributed by atoms with E-state index in [9.17, 15) is 0 Å². The maximum absolute atomic E-state index is 3.41. The van der Waals surface area contributed by atoms with Crippen LogP contribution in [0.25, 0.3) is 0 Å². The number of thioether (sulfide) groups is 1. The Kier molecular flexibility index (Phi) is 4.51. The molecule has 0 fully saturated rings. The summed E-state index contributed by atoms with van der Waals surface area (Å²) in [7, 11) is 0. The Hall–Kier alpha value is -1.41. The van der Waals surface area contributed by atoms with Gasteiger partial charge in [-0.25, -0.2) is 0 Å². The molecule has 0 radical (unpaired) electrons. The Morgan fingerprint density at radius 3 is 2.47 bits per heavy atom. The molecule has 0 aromatic heterocycles. The molecule has 0 atom stereocenters. The molecule has 0 unspecified atom stereocenters. The number of para-hydroxylation sites is 1. The van der Waals surface area contributed by atoms with E-state index in [0.717, 1.165) is 11.4 Å². The van der Waals surface area contributed by atoms with Gasteiger partial charge in [0.25, 0.3) is 0 Å². The highest BCUT2D eigenvalue weighted by atomic mass is 32.2. The molecule has 0 bridgehead atoms. The molecular weight excluding hydrogens is 226 g/mol. The van der Waals surface area contributed by atoms with Gasteiger partial charge in [0.1, 0.15) is 0 Å². The maximum atomic E-state index is 3.41. The number of hydrogen-bond acceptors (Lipinski definition) is 2. The van der Waals surface area contributed by atoms with Crippen molar-refractivity contribution in [2.24, 2.45) is 0 Å². The van der Waals surface area contributed by atoms with Crippen LogP contribution >= 0.6 is 11.8 Å². The summed E-state index contributed by atoms with van der Waals surface area (Å²) >= 11 is 1.91. The molecular formula is C15H17NS. The number of anilines is 2. The Bertz CT molecular complexity index is 453. The summed E-state index contributed by atoms with van der Waals surface area (Å²) in [6.45, 7) is 2.21. The van der Waals surface area contributed by atoms with Crippen LogP contribution in [0, 0.1) is 0 Å². The minimum absolute atomic E-state index is 1.13. The fourth-order valence-corrected chi connectivity index (χ4v) is 2.40. The summed E-state index contributed by atoms with van der Waals surface area (Å²) in [5.41, 5.74) is 2.28. The van der Waals surface area contributed by atoms with Crippen molar-refractivity contribution >= 4 is 23.1 Å². The molecule has 2 aromatic rings. The molecule has 1 nitrogen and oxygen atoms in total. The molecule has 17 heavy (non-hydrogen) atoms. The first kappa shape index (κ1) is 12.1. The van der Waals surface area contributed by atoms with E-state index >= 15 is 0 Å². The molecule has 2 rings (SSSR count). The smallest absolute Gasteiger partial charge is 0.0395 e. The molecule has 0 saturated carbocycles. The van der Waals surface area contributed by atoms with Crippen molar-refractivity contribution in [2.45, 2.75) is 18.2 Å². The van der Waals surface area contributed by atoms with E-state index in [2.05, 4.69) is 48.6 Å². The minimum atomic E-state index is 1.13. The average Bonchev–Trinajstić information content (AvgIpc) is 2.38. The standard InChI is InChI=1S/C15H17NS/c1-2-11-17-15-10-6-9-14(12-15)16-13-7-4-3-5-8-13/h3-10,12,16H,2,11H2,1H3. The molecule has 0 aliphatic rings. The van der Waals surface area contributed by atoms with Crippen molar-refractivity contribution < 1.29 is 0 Å². The van der Waals surface area contributed by atoms with Crippen LogP contribution in [0.15, 0.2) is 59.5 Å². The predicted molar refractivity (Wildman–Crippen MR) is 77.2 cm³/mol. The Labute approximate surface area is 107 Å². The summed E-state index contributed by atoms with van der Waals surface area (Å²) in [4.78, 5) is 1.33. The zero-order valence-electron chi connectivity index (χ0n) is 10.0. The Morgan fingerprint density at radius 1 is 0.941 bits per heavy atom. The van der Waals surface area contributed by atoms with E-state index in [4.69, 9.17) is 0 Å². The lowest BCUT2D eigenvalue weighted by Gasteiger charge is -2.07. The van der Waals surface area contributed by atoms with Crippen LogP contribution in [0.2, 0.25) is 0 Å². The van der Waals surface area contributed by atoms with E-state index in [0.29, 0.717) is 0 Å². The van der Waals surface area contributed by atoms with Gasteiger partial charge in [-0.3, -0.25) is 0 Å². The molecule has 0 aliphatic heterocycles. The molecule has 1 N–H and O–H groups in total. The van der Waals surface area contributed by atoms with Gasteiger partial charge in [0, 0.05) is 16.3 Å². The SMILES string of the molecule is CCCSc1cccc(Nc2ccccc2)c1. The van der Waals surface area contributed by atoms with Crippen LogP contribution in [0.4, 0.5) is 11.4 Å². The zero-order chi connectivity index (χ0) is 11.9. The highest BCUT2D eigenvalue weighted by Gasteiger charge is 1.97. The van der Waals surface area contributed by atoms with Gasteiger partial charge in [-0.15, -0.1) is 11.8 Å². The highest BCUT2D eigenvalue weighted by molar-refractivity contribution is 7.99. The van der Waals surface area contributed by atoms with Crippen molar-refractivity contribution in [3.8, 4) is 0 Å². The number of nitrogens with one attached hydrogen (secondary N) is 1. The molecule has 0 aliphatic carbocycles. The number of benzene rings is 2. The van der Waals surface area contributed by atoms with Crippen molar-refractivity contribution in [1.29, 1.82) is 0 Å². The number of rotatable bonds is 5. The maximum Gasteiger partial charge on any atom is 0.0395 e. The lowest BCUT2D eigenvalue weighted by atomic mass is 10.3. The monoisotopic (exact) mass is 243 g/mol. The van der Waals surface area contributed by atoms with Crippen LogP contribution in [0.5, 0.6) is 0 Å². The second-order valence-electron chi connectivity index (χ2n) is 3.87. The van der Waals surface area contributed by atoms with Crippen LogP contribution in [-0.4, -0.2) is 5.75 Å². The number of hydrogen-bond donors (Lipinski definition) is 1. The van der Waals surface area contributed by atoms with Crippen LogP contribution < -0.4 is 5.32 Å². The van der Waals surface area contributed by atoms with Crippen molar-refractivity contribution in [1.82, 2.24) is 0 Å². The second kappa shape index (κ2) is 6.36. The summed E-state index contributed by atoms with van der Waals surface area (Å²) in [6.07, 6.45) is 1.21. The average molecular weight is 243 g/mol. The van der Waals surface area contributed by atoms with Gasteiger partial charge < -0.3 is 5.32 Å². The van der Waals surface area contributed by atoms with Crippen LogP contribution in [-0.2, 0) is 0 Å². The summed E-state index contributed by atoms with van der Waals surface area (Å²) in [6, 6.07) is 18.8. The van der Waals surface area contributed by atoms with Crippen LogP contribution in [0.1, 0.15) is 13.3 Å². The highest BCUT2D eigenvalue weighted by Crippen LogP contribution is 2.24. The van der Waals surface area contributed by atoms with E-state index < -0.39 is 0 Å². The molecule has 0 heterocycles. The molecule has 0 saturated heterocycles. The first-order valence-corrected chi connectivity index (χ1v) is 6.92. The summed E-state index contributed by atoms with van der Waals surface area (Å²) in [5, 5.41) is 3.41. The van der Waals surface area contributed by atoms with Gasteiger partial charge in [0.15, 0.2) is 0 Å². The van der Waals surface area contributed by atoms with Crippen molar-refractivity contribution in [3.63, 3.8) is 0 Å². The first-order chi connectivity index (χ1) is 8.38. The van der Waals surface area contributed by atoms with Gasteiger partial charge in [-0.1, -0.05) is 31.2 Å². The molecule has 0 amide bonds. The third kappa shape index (κ3) is 3.82. The van der Waals surface area contributed by atoms with E-state index in [1.165, 1.54) is 17.1 Å². The summed E-state index contributed by atoms with van der Waals surface area (Å²) in [5.74, 6) is 1.18. The van der Waals surface area contributed by atoms with Gasteiger partial charge in [0.05, 0.1) is 0 Å². The minimum Gasteiger partial charge on any atom is -0.355 e. The Morgan fingerprint density at radius 2 is 1.71 bits per heavy atom. The topological polar surface area (TPSA) is 12.0 Å². The first-order valence-electron chi connectivity index (χ1n) is 5.93. The molecule has 2 aromatic carbocycles. The summed E-state index contributed by atoms with van der Waals surface area (Å²) < 4.78 is 0. The van der Waals surface area contributed by atoms with E-state index in [1.54, 1.807) is 0 Å². The second-order valence-corrected chi connectivity index (χ2v) is 5.04. The Balaban J connectivity index is 2.06. The lowest BCUT2D eigenvalue weighted by Crippen LogP contribution is -1.89. The molecule has 2 heteroatoms. The third-order valence-electron chi connectivity index (χ3n) is 2.37. The molecule has 0 spiro atoms. The fraction of sp³-hybridized carbons (Fsp3) is 0.200. The van der Waals surface area contributed by atoms with E-state index in [-0.39, 0.29) is 0 Å². The largest absolute Gasteiger partial charge is 0.355 e. The normalized spacial score (nSPS) is 10.2. The zero-order valence-corrected chi connectivity index (χ0v) is 10.8. The van der Waals surface area contributed by atoms with E-state index in [1.807, 2.05) is 30.0 Å². The lowest BCUT2D eigenvalue weighted by molar-refractivity contribution is 1.10. The quantitative estimate of drug-likeness (QED) is 0.747. The van der Waals surface area contributed by atoms with Gasteiger partial charge in [0.2, 0.25) is 0 Å². The van der Waals surface area contributed by atoms with Gasteiger partial charge >= 0.3 is 0 Å². The predicted octanol–water partition coefficient (Wildman–Crippen LogP) is 4.93. The van der Waals surface area contributed by atoms with Gasteiger partial charge in [-0.05, 0) is 42.5 Å². The van der Waals surface area contributed by atoms with Gasteiger partial charge in [-0.2, -0.15) is 0 Å². The third-order valence-corrected chi connectivity index (χ3v) is 3.57. The van der Waals surface area contributed by atoms with Crippen molar-refractivity contribution in [2.75, 3.05) is 11.1 Å².